The van der Waals surface area contributed by atoms with Gasteiger partial charge in [-0.25, -0.2) is 0 Å². The Morgan fingerprint density at radius 1 is 0.219 bits per heavy atom. The Bertz CT molecular complexity index is 5290. The molecule has 6 heteroatoms. The fraction of sp³-hybridized carbons (Fsp3) is 0. The fourth-order valence-corrected chi connectivity index (χ4v) is 26.0. The van der Waals surface area contributed by atoms with E-state index in [-0.39, 0.29) is 6.71 Å². The summed E-state index contributed by atoms with van der Waals surface area (Å²) in [6, 6.07) is 147. The summed E-state index contributed by atoms with van der Waals surface area (Å²) in [4.78, 5) is 5.32. The molecule has 18 rings (SSSR count). The van der Waals surface area contributed by atoms with Gasteiger partial charge in [0.05, 0.1) is 22.4 Å². The molecule has 0 saturated carbocycles. The summed E-state index contributed by atoms with van der Waals surface area (Å²) >= 11 is 0. The van der Waals surface area contributed by atoms with E-state index >= 15 is 0 Å². The van der Waals surface area contributed by atoms with E-state index < -0.39 is 16.1 Å². The maximum absolute atomic E-state index is 3.11. The number of benzene rings is 15. The van der Waals surface area contributed by atoms with Gasteiger partial charge in [-0.05, 0) is 129 Å². The Labute approximate surface area is 563 Å². The number of hydrogen-bond donors (Lipinski definition) is 0. The number of fused-ring (bicyclic) bond motifs is 7. The summed E-state index contributed by atoms with van der Waals surface area (Å²) < 4.78 is 2.53. The molecule has 450 valence electrons. The molecule has 96 heavy (non-hydrogen) atoms. The minimum absolute atomic E-state index is 0.196. The summed E-state index contributed by atoms with van der Waals surface area (Å²) in [5, 5.41) is 13.0. The molecule has 15 aromatic carbocycles. The number of aromatic nitrogens is 1. The van der Waals surface area contributed by atoms with Crippen molar-refractivity contribution in [3.8, 4) is 27.9 Å². The molecule has 0 atom stereocenters. The molecule has 3 heterocycles. The van der Waals surface area contributed by atoms with Crippen molar-refractivity contribution in [3.05, 3.63) is 388 Å². The molecule has 0 aliphatic carbocycles. The Morgan fingerprint density at radius 2 is 0.604 bits per heavy atom. The van der Waals surface area contributed by atoms with Gasteiger partial charge in [0.15, 0.2) is 16.1 Å². The molecule has 1 aromatic heterocycles. The maximum atomic E-state index is 2.67. The first-order valence-corrected chi connectivity index (χ1v) is 37.3. The van der Waals surface area contributed by atoms with Crippen LogP contribution in [0.2, 0.25) is 0 Å². The van der Waals surface area contributed by atoms with Crippen molar-refractivity contribution in [2.24, 2.45) is 0 Å². The molecule has 0 amide bonds. The molecule has 2 aliphatic rings. The van der Waals surface area contributed by atoms with Crippen LogP contribution in [0.5, 0.6) is 0 Å². The van der Waals surface area contributed by atoms with Gasteiger partial charge >= 0.3 is 0 Å². The Balaban J connectivity index is 0.996. The first kappa shape index (κ1) is 56.9. The second-order valence-electron chi connectivity index (χ2n) is 25.4. The van der Waals surface area contributed by atoms with Crippen molar-refractivity contribution in [2.75, 3.05) is 9.80 Å². The molecule has 0 bridgehead atoms. The third-order valence-electron chi connectivity index (χ3n) is 20.4. The monoisotopic (exact) mass is 1250 g/mol. The first-order valence-electron chi connectivity index (χ1n) is 33.3. The molecule has 0 radical (unpaired) electrons. The predicted molar refractivity (Wildman–Crippen MR) is 413 cm³/mol. The third kappa shape index (κ3) is 9.01. The number of para-hydroxylation sites is 3. The average Bonchev–Trinajstić information content (AvgIpc) is 0.831. The molecule has 0 spiro atoms. The molecular weight excluding hydrogens is 1190 g/mol. The summed E-state index contributed by atoms with van der Waals surface area (Å²) in [7, 11) is -6.15. The van der Waals surface area contributed by atoms with Crippen LogP contribution in [0.15, 0.2) is 388 Å². The number of nitrogens with zero attached hydrogens (tertiary/aromatic N) is 3. The van der Waals surface area contributed by atoms with E-state index in [1.807, 2.05) is 0 Å². The summed E-state index contributed by atoms with van der Waals surface area (Å²) in [5.41, 5.74) is 18.6. The number of anilines is 6. The molecular formula is C90H64BN3Si2. The molecule has 2 aliphatic heterocycles. The largest absolute Gasteiger partial charge is 0.311 e. The highest BCUT2D eigenvalue weighted by Crippen LogP contribution is 2.49. The lowest BCUT2D eigenvalue weighted by atomic mass is 9.33. The topological polar surface area (TPSA) is 11.4 Å². The highest BCUT2D eigenvalue weighted by molar-refractivity contribution is 7.20. The van der Waals surface area contributed by atoms with Crippen molar-refractivity contribution in [2.45, 2.75) is 0 Å². The summed E-state index contributed by atoms with van der Waals surface area (Å²) in [5.74, 6) is 0. The lowest BCUT2D eigenvalue weighted by Gasteiger charge is -2.46. The number of rotatable bonds is 13. The highest BCUT2D eigenvalue weighted by atomic mass is 28.3. The van der Waals surface area contributed by atoms with Gasteiger partial charge in [-0.15, -0.1) is 0 Å². The van der Waals surface area contributed by atoms with Gasteiger partial charge in [-0.1, -0.05) is 334 Å². The van der Waals surface area contributed by atoms with Crippen LogP contribution in [0.25, 0.3) is 49.7 Å². The SMILES string of the molecule is c1ccc(-c2ccc3c(c2)N(c2cccc([Si](c4ccccc4)(c4ccccc4)c4ccccc4)c2)c2cc(-n4c5ccccc5c5ccccc54)cc4c2B3c2ccc([Si](c3ccccc3)(c3ccccc3)c3ccccc3)cc2N4c2ccccc2-c2ccccc2)cc1. The fourth-order valence-electron chi connectivity index (χ4n) is 16.4. The van der Waals surface area contributed by atoms with Crippen molar-refractivity contribution in [1.82, 2.24) is 4.57 Å². The van der Waals surface area contributed by atoms with E-state index in [1.54, 1.807) is 0 Å². The van der Waals surface area contributed by atoms with E-state index in [1.165, 1.54) is 74.2 Å². The predicted octanol–water partition coefficient (Wildman–Crippen LogP) is 15.0. The third-order valence-corrected chi connectivity index (χ3v) is 30.0. The number of hydrogen-bond acceptors (Lipinski definition) is 2. The van der Waals surface area contributed by atoms with Crippen LogP contribution in [0.4, 0.5) is 34.1 Å². The van der Waals surface area contributed by atoms with Crippen LogP contribution in [-0.2, 0) is 0 Å². The second kappa shape index (κ2) is 23.6. The minimum atomic E-state index is -3.11. The molecule has 0 saturated heterocycles. The summed E-state index contributed by atoms with van der Waals surface area (Å²) in [6.07, 6.45) is 0. The van der Waals surface area contributed by atoms with Crippen LogP contribution in [0.3, 0.4) is 0 Å². The Kier molecular flexibility index (Phi) is 14.0. The Morgan fingerprint density at radius 3 is 1.10 bits per heavy atom. The minimum Gasteiger partial charge on any atom is -0.311 e. The molecule has 0 fully saturated rings. The van der Waals surface area contributed by atoms with Crippen LogP contribution in [-0.4, -0.2) is 27.4 Å². The lowest BCUT2D eigenvalue weighted by Crippen LogP contribution is -2.75. The van der Waals surface area contributed by atoms with E-state index in [2.05, 4.69) is 403 Å². The van der Waals surface area contributed by atoms with E-state index in [9.17, 15) is 0 Å². The highest BCUT2D eigenvalue weighted by Gasteiger charge is 2.48. The molecule has 3 nitrogen and oxygen atoms in total. The molecule has 16 aromatic rings. The molecule has 0 N–H and O–H groups in total. The van der Waals surface area contributed by atoms with Crippen molar-refractivity contribution in [1.29, 1.82) is 0 Å². The van der Waals surface area contributed by atoms with E-state index in [0.29, 0.717) is 0 Å². The van der Waals surface area contributed by atoms with Gasteiger partial charge in [0.2, 0.25) is 0 Å². The van der Waals surface area contributed by atoms with Crippen LogP contribution < -0.4 is 67.7 Å². The van der Waals surface area contributed by atoms with Crippen molar-refractivity contribution >= 4 is 137 Å². The Hall–Kier alpha value is -11.8. The quantitative estimate of drug-likeness (QED) is 0.0842. The van der Waals surface area contributed by atoms with Gasteiger partial charge in [-0.2, -0.15) is 0 Å². The van der Waals surface area contributed by atoms with Crippen LogP contribution >= 0.6 is 0 Å². The zero-order valence-corrected chi connectivity index (χ0v) is 54.9. The molecule has 0 unspecified atom stereocenters. The van der Waals surface area contributed by atoms with Gasteiger partial charge in [-0.3, -0.25) is 0 Å². The van der Waals surface area contributed by atoms with Gasteiger partial charge < -0.3 is 14.4 Å². The van der Waals surface area contributed by atoms with Crippen molar-refractivity contribution < 1.29 is 0 Å². The van der Waals surface area contributed by atoms with E-state index in [4.69, 9.17) is 0 Å². The van der Waals surface area contributed by atoms with Gasteiger partial charge in [0.25, 0.3) is 6.71 Å². The van der Waals surface area contributed by atoms with Crippen molar-refractivity contribution in [3.63, 3.8) is 0 Å². The van der Waals surface area contributed by atoms with Gasteiger partial charge in [0.1, 0.15) is 0 Å². The maximum Gasteiger partial charge on any atom is 0.252 e. The average molecular weight is 1250 g/mol. The first-order chi connectivity index (χ1) is 47.7. The summed E-state index contributed by atoms with van der Waals surface area (Å²) in [6.45, 7) is -0.196. The second-order valence-corrected chi connectivity index (χ2v) is 33.0. The smallest absolute Gasteiger partial charge is 0.252 e. The van der Waals surface area contributed by atoms with Crippen LogP contribution in [0, 0.1) is 0 Å². The normalized spacial score (nSPS) is 12.5. The van der Waals surface area contributed by atoms with Gasteiger partial charge in [0, 0.05) is 44.8 Å². The zero-order valence-electron chi connectivity index (χ0n) is 52.9. The van der Waals surface area contributed by atoms with E-state index in [0.717, 1.165) is 67.5 Å². The standard InChI is InChI=1S/C90H64BN3Si2/c1-9-32-65(33-10-1)67-56-58-81-86(60-67)92(68-36-31-49-76(61-68)95(70-37-13-3-14-38-70,71-39-15-4-16-40-71)72-41-17-5-18-42-72)88-62-69(93-84-54-29-26-51-79(84)80-52-27-30-55-85(80)93)63-89-90(88)91(81)82-59-57-77(64-87(82)94(89)83-53-28-25-50-78(83)66-34-11-2-12-35-66)96(73-43-19-6-20-44-73,74-45-21-7-22-46-74)75-47-23-8-24-48-75/h1-64H. The zero-order chi connectivity index (χ0) is 63.6. The van der Waals surface area contributed by atoms with Crippen LogP contribution in [0.1, 0.15) is 0 Å². The lowest BCUT2D eigenvalue weighted by molar-refractivity contribution is 1.16.